The zero-order valence-electron chi connectivity index (χ0n) is 19.6. The number of sulfonamides is 1. The van der Waals surface area contributed by atoms with Crippen LogP contribution in [0.1, 0.15) is 50.3 Å². The molecule has 9 heteroatoms. The Morgan fingerprint density at radius 2 is 1.79 bits per heavy atom. The number of benzene rings is 2. The Balaban J connectivity index is 1.44. The molecule has 33 heavy (non-hydrogen) atoms. The van der Waals surface area contributed by atoms with Crippen molar-refractivity contribution in [2.24, 2.45) is 5.92 Å². The van der Waals surface area contributed by atoms with E-state index in [1.165, 1.54) is 4.31 Å². The molecule has 0 spiro atoms. The summed E-state index contributed by atoms with van der Waals surface area (Å²) in [5.74, 6) is -0.268. The van der Waals surface area contributed by atoms with E-state index in [9.17, 15) is 13.2 Å². The lowest BCUT2D eigenvalue weighted by molar-refractivity contribution is -0.120. The van der Waals surface area contributed by atoms with Crippen molar-refractivity contribution in [3.05, 3.63) is 47.5 Å². The minimum atomic E-state index is -3.66. The summed E-state index contributed by atoms with van der Waals surface area (Å²) in [6.07, 6.45) is 1.88. The van der Waals surface area contributed by atoms with Crippen molar-refractivity contribution in [2.45, 2.75) is 57.9 Å². The SMILES string of the molecule is CCC(C)n1nnc2cc(S(=O)(=O)N3CCC(C(=O)Nc4cc(C)cc(C)c4)CC3)ccc21. The molecule has 3 aromatic rings. The summed E-state index contributed by atoms with van der Waals surface area (Å²) in [5, 5.41) is 11.4. The van der Waals surface area contributed by atoms with E-state index in [2.05, 4.69) is 35.5 Å². The van der Waals surface area contributed by atoms with Gasteiger partial charge in [0.1, 0.15) is 5.52 Å². The van der Waals surface area contributed by atoms with Crippen LogP contribution >= 0.6 is 0 Å². The molecule has 4 rings (SSSR count). The van der Waals surface area contributed by atoms with Crippen molar-refractivity contribution in [3.8, 4) is 0 Å². The van der Waals surface area contributed by atoms with Gasteiger partial charge in [0, 0.05) is 24.7 Å². The molecule has 0 radical (unpaired) electrons. The molecule has 1 aliphatic rings. The Bertz CT molecular complexity index is 1260. The number of rotatable bonds is 6. The maximum Gasteiger partial charge on any atom is 0.243 e. The first-order valence-electron chi connectivity index (χ1n) is 11.4. The third-order valence-corrected chi connectivity index (χ3v) is 8.30. The number of hydrogen-bond acceptors (Lipinski definition) is 5. The van der Waals surface area contributed by atoms with Crippen LogP contribution in [-0.2, 0) is 14.8 Å². The predicted molar refractivity (Wildman–Crippen MR) is 129 cm³/mol. The molecule has 0 saturated carbocycles. The van der Waals surface area contributed by atoms with Gasteiger partial charge in [-0.15, -0.1) is 5.10 Å². The molecule has 1 fully saturated rings. The van der Waals surface area contributed by atoms with Crippen LogP contribution in [0.25, 0.3) is 11.0 Å². The number of aromatic nitrogens is 3. The number of amides is 1. The van der Waals surface area contributed by atoms with Crippen molar-refractivity contribution in [2.75, 3.05) is 18.4 Å². The molecule has 1 unspecified atom stereocenters. The summed E-state index contributed by atoms with van der Waals surface area (Å²) in [6, 6.07) is 11.1. The zero-order chi connectivity index (χ0) is 23.8. The van der Waals surface area contributed by atoms with Crippen LogP contribution in [0.2, 0.25) is 0 Å². The van der Waals surface area contributed by atoms with E-state index in [0.717, 1.165) is 28.8 Å². The number of hydrogen-bond donors (Lipinski definition) is 1. The maximum absolute atomic E-state index is 13.2. The van der Waals surface area contributed by atoms with Crippen molar-refractivity contribution in [1.82, 2.24) is 19.3 Å². The highest BCUT2D eigenvalue weighted by Crippen LogP contribution is 2.27. The summed E-state index contributed by atoms with van der Waals surface area (Å²) >= 11 is 0. The monoisotopic (exact) mass is 469 g/mol. The van der Waals surface area contributed by atoms with Gasteiger partial charge < -0.3 is 5.32 Å². The summed E-state index contributed by atoms with van der Waals surface area (Å²) in [7, 11) is -3.66. The van der Waals surface area contributed by atoms with Crippen molar-refractivity contribution < 1.29 is 13.2 Å². The fourth-order valence-electron chi connectivity index (χ4n) is 4.38. The van der Waals surface area contributed by atoms with E-state index in [0.29, 0.717) is 31.4 Å². The van der Waals surface area contributed by atoms with Crippen LogP contribution in [0.15, 0.2) is 41.3 Å². The van der Waals surface area contributed by atoms with Gasteiger partial charge in [0.15, 0.2) is 0 Å². The lowest BCUT2D eigenvalue weighted by Gasteiger charge is -2.30. The number of aryl methyl sites for hydroxylation is 2. The molecule has 1 aromatic heterocycles. The molecule has 1 N–H and O–H groups in total. The number of carbonyl (C=O) groups excluding carboxylic acids is 1. The van der Waals surface area contributed by atoms with Crippen molar-refractivity contribution in [1.29, 1.82) is 0 Å². The smallest absolute Gasteiger partial charge is 0.243 e. The first kappa shape index (κ1) is 23.4. The number of fused-ring (bicyclic) bond motifs is 1. The van der Waals surface area contributed by atoms with Crippen LogP contribution in [-0.4, -0.2) is 46.7 Å². The highest BCUT2D eigenvalue weighted by molar-refractivity contribution is 7.89. The number of carbonyl (C=O) groups is 1. The molecular formula is C24H31N5O3S. The van der Waals surface area contributed by atoms with E-state index < -0.39 is 10.0 Å². The second kappa shape index (κ2) is 9.23. The average Bonchev–Trinajstić information content (AvgIpc) is 3.21. The maximum atomic E-state index is 13.2. The molecule has 2 aromatic carbocycles. The van der Waals surface area contributed by atoms with E-state index in [-0.39, 0.29) is 22.8 Å². The van der Waals surface area contributed by atoms with Gasteiger partial charge in [-0.25, -0.2) is 13.1 Å². The molecule has 1 amide bonds. The lowest BCUT2D eigenvalue weighted by atomic mass is 9.97. The number of nitrogens with zero attached hydrogens (tertiary/aromatic N) is 4. The van der Waals surface area contributed by atoms with Crippen molar-refractivity contribution >= 4 is 32.7 Å². The Morgan fingerprint density at radius 1 is 1.12 bits per heavy atom. The molecule has 0 aliphatic carbocycles. The summed E-state index contributed by atoms with van der Waals surface area (Å²) < 4.78 is 29.8. The molecule has 2 heterocycles. The molecular weight excluding hydrogens is 438 g/mol. The third kappa shape index (κ3) is 4.79. The standard InChI is InChI=1S/C24H31N5O3S/c1-5-18(4)29-23-7-6-21(15-22(23)26-27-29)33(31,32)28-10-8-19(9-11-28)24(30)25-20-13-16(2)12-17(3)14-20/h6-7,12-15,18-19H,5,8-11H2,1-4H3,(H,25,30). The number of nitrogens with one attached hydrogen (secondary N) is 1. The normalized spacial score (nSPS) is 16.7. The Kier molecular flexibility index (Phi) is 6.54. The van der Waals surface area contributed by atoms with E-state index >= 15 is 0 Å². The van der Waals surface area contributed by atoms with Gasteiger partial charge in [-0.05, 0) is 81.5 Å². The molecule has 8 nitrogen and oxygen atoms in total. The molecule has 1 atom stereocenters. The summed E-state index contributed by atoms with van der Waals surface area (Å²) in [4.78, 5) is 13.0. The van der Waals surface area contributed by atoms with Crippen LogP contribution in [0.3, 0.4) is 0 Å². The van der Waals surface area contributed by atoms with Gasteiger partial charge in [-0.3, -0.25) is 4.79 Å². The lowest BCUT2D eigenvalue weighted by Crippen LogP contribution is -2.41. The largest absolute Gasteiger partial charge is 0.326 e. The van der Waals surface area contributed by atoms with E-state index in [1.807, 2.05) is 30.7 Å². The van der Waals surface area contributed by atoms with Crippen LogP contribution < -0.4 is 5.32 Å². The van der Waals surface area contributed by atoms with Gasteiger partial charge in [-0.1, -0.05) is 18.2 Å². The molecule has 0 bridgehead atoms. The number of piperidine rings is 1. The average molecular weight is 470 g/mol. The molecule has 1 saturated heterocycles. The summed E-state index contributed by atoms with van der Waals surface area (Å²) in [6.45, 7) is 8.74. The van der Waals surface area contributed by atoms with Gasteiger partial charge in [-0.2, -0.15) is 4.31 Å². The number of anilines is 1. The second-order valence-electron chi connectivity index (χ2n) is 8.99. The van der Waals surface area contributed by atoms with Crippen LogP contribution in [0.4, 0.5) is 5.69 Å². The topological polar surface area (TPSA) is 97.2 Å². The van der Waals surface area contributed by atoms with Crippen LogP contribution in [0.5, 0.6) is 0 Å². The fraction of sp³-hybridized carbons (Fsp3) is 0.458. The summed E-state index contributed by atoms with van der Waals surface area (Å²) in [5.41, 5.74) is 4.36. The Labute approximate surface area is 195 Å². The van der Waals surface area contributed by atoms with Crippen LogP contribution in [0, 0.1) is 19.8 Å². The highest BCUT2D eigenvalue weighted by Gasteiger charge is 2.32. The first-order chi connectivity index (χ1) is 15.7. The highest BCUT2D eigenvalue weighted by atomic mass is 32.2. The third-order valence-electron chi connectivity index (χ3n) is 6.40. The van der Waals surface area contributed by atoms with Gasteiger partial charge >= 0.3 is 0 Å². The quantitative estimate of drug-likeness (QED) is 0.587. The molecule has 1 aliphatic heterocycles. The Hall–Kier alpha value is -2.78. The van der Waals surface area contributed by atoms with E-state index in [1.54, 1.807) is 18.2 Å². The second-order valence-corrected chi connectivity index (χ2v) is 10.9. The first-order valence-corrected chi connectivity index (χ1v) is 12.9. The van der Waals surface area contributed by atoms with Gasteiger partial charge in [0.2, 0.25) is 15.9 Å². The predicted octanol–water partition coefficient (Wildman–Crippen LogP) is 4.06. The van der Waals surface area contributed by atoms with E-state index in [4.69, 9.17) is 0 Å². The minimum absolute atomic E-state index is 0.0554. The zero-order valence-corrected chi connectivity index (χ0v) is 20.4. The Morgan fingerprint density at radius 3 is 2.42 bits per heavy atom. The fourth-order valence-corrected chi connectivity index (χ4v) is 5.87. The van der Waals surface area contributed by atoms with Gasteiger partial charge in [0.25, 0.3) is 0 Å². The minimum Gasteiger partial charge on any atom is -0.326 e. The molecule has 176 valence electrons. The van der Waals surface area contributed by atoms with Crippen molar-refractivity contribution in [3.63, 3.8) is 0 Å². The van der Waals surface area contributed by atoms with Gasteiger partial charge in [0.05, 0.1) is 16.5 Å².